The Labute approximate surface area is 307 Å². The van der Waals surface area contributed by atoms with E-state index in [9.17, 15) is 29.1 Å². The van der Waals surface area contributed by atoms with Crippen molar-refractivity contribution >= 4 is 41.0 Å². The van der Waals surface area contributed by atoms with Crippen molar-refractivity contribution in [2.45, 2.75) is 129 Å². The van der Waals surface area contributed by atoms with Gasteiger partial charge in [-0.05, 0) is 54.8 Å². The quantitative estimate of drug-likeness (QED) is 0.0918. The molecule has 0 aliphatic heterocycles. The van der Waals surface area contributed by atoms with E-state index in [0.29, 0.717) is 12.1 Å². The molecule has 2 rings (SSSR count). The molecule has 0 fully saturated rings. The van der Waals surface area contributed by atoms with Gasteiger partial charge in [0.15, 0.2) is 0 Å². The Kier molecular flexibility index (Phi) is 23.0. The third kappa shape index (κ3) is 19.0. The number of carbonyl (C=O) groups excluding carboxylic acids is 4. The molecule has 0 spiro atoms. The number of nitrogens with one attached hydrogen (secondary N) is 3. The zero-order valence-corrected chi connectivity index (χ0v) is 30.8. The summed E-state index contributed by atoms with van der Waals surface area (Å²) >= 11 is 0. The molecule has 0 aliphatic carbocycles. The van der Waals surface area contributed by atoms with E-state index in [1.165, 1.54) is 113 Å². The van der Waals surface area contributed by atoms with Crippen molar-refractivity contribution in [2.24, 2.45) is 0 Å². The zero-order valence-electron chi connectivity index (χ0n) is 28.8. The summed E-state index contributed by atoms with van der Waals surface area (Å²) in [5.41, 5.74) is 0.782. The van der Waals surface area contributed by atoms with Crippen LogP contribution >= 0.6 is 0 Å². The molecular formula is C37H52N3NaO7. The first-order valence-electron chi connectivity index (χ1n) is 17.2. The first-order valence-corrected chi connectivity index (χ1v) is 17.2. The third-order valence-electron chi connectivity index (χ3n) is 8.07. The number of anilines is 2. The van der Waals surface area contributed by atoms with Crippen LogP contribution in [0.3, 0.4) is 0 Å². The number of benzene rings is 2. The molecule has 3 amide bonds. The number of carboxylic acid groups (broad SMARTS) is 2. The van der Waals surface area contributed by atoms with Crippen LogP contribution in [0.4, 0.5) is 11.4 Å². The van der Waals surface area contributed by atoms with E-state index in [1.807, 2.05) is 0 Å². The van der Waals surface area contributed by atoms with E-state index < -0.39 is 29.8 Å². The van der Waals surface area contributed by atoms with E-state index in [0.717, 1.165) is 19.3 Å². The van der Waals surface area contributed by atoms with E-state index >= 15 is 0 Å². The molecule has 4 N–H and O–H groups in total. The summed E-state index contributed by atoms with van der Waals surface area (Å²) in [6.07, 6.45) is 18.8. The van der Waals surface area contributed by atoms with Gasteiger partial charge in [0.2, 0.25) is 11.8 Å². The molecule has 1 atom stereocenters. The smallest absolute Gasteiger partial charge is 0.545 e. The van der Waals surface area contributed by atoms with Crippen molar-refractivity contribution in [2.75, 3.05) is 10.6 Å². The van der Waals surface area contributed by atoms with E-state index in [-0.39, 0.29) is 65.1 Å². The second kappa shape index (κ2) is 25.8. The Morgan fingerprint density at radius 2 is 1.21 bits per heavy atom. The van der Waals surface area contributed by atoms with Crippen molar-refractivity contribution in [1.82, 2.24) is 5.32 Å². The topological polar surface area (TPSA) is 165 Å². The molecule has 0 radical (unpaired) electrons. The van der Waals surface area contributed by atoms with Crippen LogP contribution in [0.15, 0.2) is 48.5 Å². The van der Waals surface area contributed by atoms with Crippen LogP contribution < -0.4 is 50.6 Å². The van der Waals surface area contributed by atoms with Gasteiger partial charge in [0.25, 0.3) is 5.91 Å². The third-order valence-corrected chi connectivity index (χ3v) is 8.07. The molecule has 258 valence electrons. The number of aromatic carboxylic acids is 1. The first-order chi connectivity index (χ1) is 22.7. The Morgan fingerprint density at radius 3 is 1.73 bits per heavy atom. The van der Waals surface area contributed by atoms with Crippen molar-refractivity contribution in [3.8, 4) is 0 Å². The van der Waals surface area contributed by atoms with Gasteiger partial charge in [0, 0.05) is 29.8 Å². The Bertz CT molecular complexity index is 1270. The number of aliphatic carboxylic acids is 1. The molecule has 2 aromatic rings. The molecule has 10 nitrogen and oxygen atoms in total. The average molecular weight is 674 g/mol. The summed E-state index contributed by atoms with van der Waals surface area (Å²) in [4.78, 5) is 60.4. The number of carboxylic acids is 2. The number of rotatable bonds is 25. The number of amides is 3. The Morgan fingerprint density at radius 1 is 0.667 bits per heavy atom. The van der Waals surface area contributed by atoms with Crippen molar-refractivity contribution in [3.63, 3.8) is 0 Å². The molecule has 0 saturated carbocycles. The molecule has 0 aromatic heterocycles. The second-order valence-corrected chi connectivity index (χ2v) is 12.1. The zero-order chi connectivity index (χ0) is 34.3. The largest absolute Gasteiger partial charge is 1.00 e. The molecule has 0 saturated heterocycles. The van der Waals surface area contributed by atoms with Gasteiger partial charge in [-0.1, -0.05) is 109 Å². The fraction of sp³-hybridized carbons (Fsp3) is 0.541. The van der Waals surface area contributed by atoms with Gasteiger partial charge in [-0.2, -0.15) is 0 Å². The minimum absolute atomic E-state index is 0. The summed E-state index contributed by atoms with van der Waals surface area (Å²) in [6, 6.07) is 10.4. The van der Waals surface area contributed by atoms with Crippen LogP contribution in [-0.4, -0.2) is 40.8 Å². The van der Waals surface area contributed by atoms with Crippen LogP contribution in [-0.2, 0) is 14.4 Å². The van der Waals surface area contributed by atoms with Crippen LogP contribution in [0.1, 0.15) is 143 Å². The van der Waals surface area contributed by atoms with Gasteiger partial charge in [-0.15, -0.1) is 0 Å². The van der Waals surface area contributed by atoms with Gasteiger partial charge >= 0.3 is 35.5 Å². The summed E-state index contributed by atoms with van der Waals surface area (Å²) in [5.74, 6) is -3.94. The van der Waals surface area contributed by atoms with Gasteiger partial charge in [0.05, 0.1) is 5.97 Å². The average Bonchev–Trinajstić information content (AvgIpc) is 3.05. The van der Waals surface area contributed by atoms with Gasteiger partial charge in [-0.25, -0.2) is 0 Å². The standard InChI is InChI=1S/C37H53N3O7.Na/c1-2-3-4-5-6-7-8-9-10-11-12-13-14-15-16-20-33(41)38-30-23-21-28(22-24-30)35(44)40-32(25-26-34(42)43)36(45)39-31-19-17-18-29(27-31)37(46)47;/h17-19,21-24,27,32H,2-16,20,25-26H2,1H3,(H,38,41)(H,39,45)(H,40,44)(H,42,43)(H,46,47);/q;+1/p-1/t32-;/m1./s1. The minimum atomic E-state index is -1.42. The maximum atomic E-state index is 12.9. The summed E-state index contributed by atoms with van der Waals surface area (Å²) in [5, 5.41) is 28.1. The molecule has 0 bridgehead atoms. The predicted octanol–water partition coefficient (Wildman–Crippen LogP) is 3.86. The predicted molar refractivity (Wildman–Crippen MR) is 182 cm³/mol. The van der Waals surface area contributed by atoms with Crippen LogP contribution in [0.5, 0.6) is 0 Å². The fourth-order valence-corrected chi connectivity index (χ4v) is 5.32. The fourth-order valence-electron chi connectivity index (χ4n) is 5.32. The maximum Gasteiger partial charge on any atom is 1.00 e. The van der Waals surface area contributed by atoms with Crippen LogP contribution in [0.2, 0.25) is 0 Å². The first kappa shape index (κ1) is 42.8. The van der Waals surface area contributed by atoms with Crippen molar-refractivity contribution < 1.29 is 63.7 Å². The molecule has 0 heterocycles. The van der Waals surface area contributed by atoms with Crippen LogP contribution in [0.25, 0.3) is 0 Å². The maximum absolute atomic E-state index is 12.9. The molecule has 11 heteroatoms. The van der Waals surface area contributed by atoms with Crippen LogP contribution in [0, 0.1) is 0 Å². The van der Waals surface area contributed by atoms with E-state index in [1.54, 1.807) is 12.1 Å². The Balaban J connectivity index is 0.0000115. The number of unbranched alkanes of at least 4 members (excludes halogenated alkanes) is 14. The van der Waals surface area contributed by atoms with Gasteiger partial charge in [-0.3, -0.25) is 19.2 Å². The molecule has 48 heavy (non-hydrogen) atoms. The molecule has 0 unspecified atom stereocenters. The second-order valence-electron chi connectivity index (χ2n) is 12.1. The van der Waals surface area contributed by atoms with Gasteiger partial charge in [0.1, 0.15) is 6.04 Å². The summed E-state index contributed by atoms with van der Waals surface area (Å²) in [7, 11) is 0. The normalized spacial score (nSPS) is 11.2. The molecular weight excluding hydrogens is 621 g/mol. The Hall–Kier alpha value is -3.21. The van der Waals surface area contributed by atoms with E-state index in [2.05, 4.69) is 22.9 Å². The number of hydrogen-bond donors (Lipinski definition) is 4. The summed E-state index contributed by atoms with van der Waals surface area (Å²) in [6.45, 7) is 2.25. The monoisotopic (exact) mass is 673 g/mol. The molecule has 2 aromatic carbocycles. The van der Waals surface area contributed by atoms with E-state index in [4.69, 9.17) is 5.11 Å². The van der Waals surface area contributed by atoms with Crippen molar-refractivity contribution in [1.29, 1.82) is 0 Å². The molecule has 0 aliphatic rings. The summed E-state index contributed by atoms with van der Waals surface area (Å²) < 4.78 is 0. The number of carbonyl (C=O) groups is 5. The SMILES string of the molecule is CCCCCCCCCCCCCCCCCC(=O)Nc1ccc(C(=O)N[C@H](CCC(=O)O)C(=O)Nc2cccc(C(=O)[O-])c2)cc1.[Na+]. The van der Waals surface area contributed by atoms with Crippen molar-refractivity contribution in [3.05, 3.63) is 59.7 Å². The minimum Gasteiger partial charge on any atom is -0.545 e. The number of hydrogen-bond acceptors (Lipinski definition) is 6. The van der Waals surface area contributed by atoms with Gasteiger partial charge < -0.3 is 31.0 Å².